The fourth-order valence-corrected chi connectivity index (χ4v) is 2.77. The van der Waals surface area contributed by atoms with Crippen molar-refractivity contribution in [1.29, 1.82) is 0 Å². The normalized spacial score (nSPS) is 20.4. The van der Waals surface area contributed by atoms with Crippen LogP contribution >= 0.6 is 11.3 Å². The molecule has 0 radical (unpaired) electrons. The molecule has 1 aliphatic rings. The number of nitrogens with zero attached hydrogens (tertiary/aromatic N) is 2. The highest BCUT2D eigenvalue weighted by molar-refractivity contribution is 7.17. The van der Waals surface area contributed by atoms with Gasteiger partial charge >= 0.3 is 5.97 Å². The zero-order valence-corrected chi connectivity index (χ0v) is 10.8. The van der Waals surface area contributed by atoms with Crippen molar-refractivity contribution >= 4 is 22.4 Å². The molecule has 0 aliphatic carbocycles. The van der Waals surface area contributed by atoms with Gasteiger partial charge in [-0.2, -0.15) is 0 Å². The molecule has 1 unspecified atom stereocenters. The molecule has 2 heterocycles. The Morgan fingerprint density at radius 1 is 1.76 bits per heavy atom. The van der Waals surface area contributed by atoms with Crippen molar-refractivity contribution in [3.8, 4) is 0 Å². The van der Waals surface area contributed by atoms with Crippen molar-refractivity contribution in [1.82, 2.24) is 4.98 Å². The first kappa shape index (κ1) is 12.3. The Kier molecular flexibility index (Phi) is 3.96. The number of rotatable bonds is 3. The summed E-state index contributed by atoms with van der Waals surface area (Å²) in [5, 5.41) is 0.876. The van der Waals surface area contributed by atoms with E-state index in [1.807, 2.05) is 0 Å². The first-order valence-corrected chi connectivity index (χ1v) is 6.46. The third kappa shape index (κ3) is 2.58. The number of aromatic nitrogens is 1. The Labute approximate surface area is 104 Å². The number of esters is 1. The molecule has 1 aromatic heterocycles. The zero-order chi connectivity index (χ0) is 12.3. The number of ether oxygens (including phenoxy) is 2. The second-order valence-corrected chi connectivity index (χ2v) is 4.84. The van der Waals surface area contributed by atoms with Crippen LogP contribution in [0.1, 0.15) is 23.0 Å². The van der Waals surface area contributed by atoms with E-state index in [1.54, 1.807) is 6.20 Å². The van der Waals surface area contributed by atoms with Gasteiger partial charge in [0.15, 0.2) is 5.13 Å². The molecule has 0 N–H and O–H groups in total. The van der Waals surface area contributed by atoms with Gasteiger partial charge in [0, 0.05) is 6.54 Å². The molecule has 0 spiro atoms. The van der Waals surface area contributed by atoms with Gasteiger partial charge in [-0.3, -0.25) is 0 Å². The van der Waals surface area contributed by atoms with Crippen molar-refractivity contribution in [2.75, 3.05) is 31.8 Å². The van der Waals surface area contributed by atoms with Crippen molar-refractivity contribution in [2.24, 2.45) is 0 Å². The van der Waals surface area contributed by atoms with Crippen LogP contribution in [0.5, 0.6) is 0 Å². The summed E-state index contributed by atoms with van der Waals surface area (Å²) in [5.74, 6) is -0.324. The van der Waals surface area contributed by atoms with E-state index in [1.165, 1.54) is 18.4 Å². The third-order valence-electron chi connectivity index (χ3n) is 2.82. The molecule has 5 nitrogen and oxygen atoms in total. The van der Waals surface area contributed by atoms with E-state index >= 15 is 0 Å². The lowest BCUT2D eigenvalue weighted by Crippen LogP contribution is -2.45. The highest BCUT2D eigenvalue weighted by atomic mass is 32.1. The van der Waals surface area contributed by atoms with Gasteiger partial charge in [-0.25, -0.2) is 9.78 Å². The maximum Gasteiger partial charge on any atom is 0.349 e. The summed E-state index contributed by atoms with van der Waals surface area (Å²) in [7, 11) is 1.38. The molecule has 1 aliphatic heterocycles. The fraction of sp³-hybridized carbons (Fsp3) is 0.636. The highest BCUT2D eigenvalue weighted by Gasteiger charge is 2.24. The number of carbonyl (C=O) groups excluding carboxylic acids is 1. The summed E-state index contributed by atoms with van der Waals surface area (Å²) in [6.45, 7) is 4.39. The Morgan fingerprint density at radius 3 is 3.29 bits per heavy atom. The maximum atomic E-state index is 11.4. The van der Waals surface area contributed by atoms with Crippen LogP contribution in [0.25, 0.3) is 0 Å². The van der Waals surface area contributed by atoms with E-state index < -0.39 is 0 Å². The number of thiazole rings is 1. The quantitative estimate of drug-likeness (QED) is 0.768. The third-order valence-corrected chi connectivity index (χ3v) is 3.84. The number of methoxy groups -OCH3 is 1. The minimum absolute atomic E-state index is 0.324. The van der Waals surface area contributed by atoms with Crippen LogP contribution in [0.3, 0.4) is 0 Å². The number of morpholine rings is 1. The lowest BCUT2D eigenvalue weighted by Gasteiger charge is -2.34. The zero-order valence-electron chi connectivity index (χ0n) is 10.0. The fourth-order valence-electron chi connectivity index (χ4n) is 1.84. The first-order chi connectivity index (χ1) is 8.26. The van der Waals surface area contributed by atoms with Crippen LogP contribution in [0.4, 0.5) is 5.13 Å². The summed E-state index contributed by atoms with van der Waals surface area (Å²) in [6, 6.07) is 0.348. The predicted molar refractivity (Wildman–Crippen MR) is 65.7 cm³/mol. The number of anilines is 1. The molecule has 0 saturated carbocycles. The minimum atomic E-state index is -0.324. The molecule has 0 aromatic carbocycles. The van der Waals surface area contributed by atoms with Crippen molar-refractivity contribution in [3.05, 3.63) is 11.1 Å². The first-order valence-electron chi connectivity index (χ1n) is 5.64. The second-order valence-electron chi connectivity index (χ2n) is 3.83. The second kappa shape index (κ2) is 5.46. The van der Waals surface area contributed by atoms with Crippen LogP contribution < -0.4 is 4.90 Å². The summed E-state index contributed by atoms with van der Waals surface area (Å²) in [5.41, 5.74) is 0. The highest BCUT2D eigenvalue weighted by Crippen LogP contribution is 2.27. The van der Waals surface area contributed by atoms with Gasteiger partial charge in [0.1, 0.15) is 4.88 Å². The largest absolute Gasteiger partial charge is 0.465 e. The average molecular weight is 256 g/mol. The summed E-state index contributed by atoms with van der Waals surface area (Å²) in [6.07, 6.45) is 2.58. The Hall–Kier alpha value is -1.14. The SMILES string of the molecule is CCC1COCCN1c1ncc(C(=O)OC)s1. The van der Waals surface area contributed by atoms with E-state index in [-0.39, 0.29) is 5.97 Å². The lowest BCUT2D eigenvalue weighted by atomic mass is 10.2. The van der Waals surface area contributed by atoms with E-state index in [0.29, 0.717) is 17.5 Å². The van der Waals surface area contributed by atoms with Crippen LogP contribution in [0.2, 0.25) is 0 Å². The lowest BCUT2D eigenvalue weighted by molar-refractivity contribution is 0.0606. The minimum Gasteiger partial charge on any atom is -0.465 e. The van der Waals surface area contributed by atoms with Gasteiger partial charge < -0.3 is 14.4 Å². The van der Waals surface area contributed by atoms with Crippen molar-refractivity contribution < 1.29 is 14.3 Å². The molecule has 1 aromatic rings. The van der Waals surface area contributed by atoms with Crippen molar-refractivity contribution in [3.63, 3.8) is 0 Å². The molecule has 94 valence electrons. The molecule has 6 heteroatoms. The van der Waals surface area contributed by atoms with Crippen LogP contribution in [0.15, 0.2) is 6.20 Å². The van der Waals surface area contributed by atoms with Gasteiger partial charge in [-0.05, 0) is 6.42 Å². The maximum absolute atomic E-state index is 11.4. The number of carbonyl (C=O) groups is 1. The summed E-state index contributed by atoms with van der Waals surface area (Å²) < 4.78 is 10.1. The molecule has 1 fully saturated rings. The molecular weight excluding hydrogens is 240 g/mol. The predicted octanol–water partition coefficient (Wildman–Crippen LogP) is 1.54. The van der Waals surface area contributed by atoms with Crippen LogP contribution in [0, 0.1) is 0 Å². The van der Waals surface area contributed by atoms with E-state index in [4.69, 9.17) is 4.74 Å². The topological polar surface area (TPSA) is 51.7 Å². The van der Waals surface area contributed by atoms with Gasteiger partial charge in [0.25, 0.3) is 0 Å². The smallest absolute Gasteiger partial charge is 0.349 e. The van der Waals surface area contributed by atoms with Crippen LogP contribution in [-0.2, 0) is 9.47 Å². The molecule has 0 amide bonds. The Balaban J connectivity index is 2.15. The van der Waals surface area contributed by atoms with Gasteiger partial charge in [-0.1, -0.05) is 18.3 Å². The standard InChI is InChI=1S/C11H16N2O3S/c1-3-8-7-16-5-4-13(8)11-12-6-9(17-11)10(14)15-2/h6,8H,3-5,7H2,1-2H3. The van der Waals surface area contributed by atoms with Gasteiger partial charge in [0.05, 0.1) is 32.6 Å². The summed E-state index contributed by atoms with van der Waals surface area (Å²) >= 11 is 1.38. The Bertz CT molecular complexity index is 394. The molecular formula is C11H16N2O3S. The van der Waals surface area contributed by atoms with Gasteiger partial charge in [-0.15, -0.1) is 0 Å². The van der Waals surface area contributed by atoms with Crippen LogP contribution in [-0.4, -0.2) is 43.9 Å². The van der Waals surface area contributed by atoms with Gasteiger partial charge in [0.2, 0.25) is 0 Å². The molecule has 2 rings (SSSR count). The molecule has 1 saturated heterocycles. The summed E-state index contributed by atoms with van der Waals surface area (Å²) in [4.78, 5) is 18.4. The number of hydrogen-bond acceptors (Lipinski definition) is 6. The van der Waals surface area contributed by atoms with E-state index in [2.05, 4.69) is 21.5 Å². The molecule has 1 atom stereocenters. The van der Waals surface area contributed by atoms with E-state index in [0.717, 1.165) is 24.7 Å². The number of hydrogen-bond donors (Lipinski definition) is 0. The van der Waals surface area contributed by atoms with Crippen molar-refractivity contribution in [2.45, 2.75) is 19.4 Å². The Morgan fingerprint density at radius 2 is 2.59 bits per heavy atom. The molecule has 17 heavy (non-hydrogen) atoms. The van der Waals surface area contributed by atoms with E-state index in [9.17, 15) is 4.79 Å². The monoisotopic (exact) mass is 256 g/mol. The molecule has 0 bridgehead atoms. The average Bonchev–Trinajstić information content (AvgIpc) is 2.87.